The molecule has 3 nitrogen and oxygen atoms in total. The minimum atomic E-state index is 0.331. The van der Waals surface area contributed by atoms with Crippen molar-refractivity contribution < 1.29 is 4.79 Å². The summed E-state index contributed by atoms with van der Waals surface area (Å²) in [5.41, 5.74) is 0. The van der Waals surface area contributed by atoms with Crippen LogP contribution in [0.3, 0.4) is 0 Å². The Bertz CT molecular complexity index is 234. The third-order valence-corrected chi connectivity index (χ3v) is 4.15. The van der Waals surface area contributed by atoms with Crippen molar-refractivity contribution in [2.75, 3.05) is 20.1 Å². The van der Waals surface area contributed by atoms with Crippen LogP contribution in [0.4, 0.5) is 0 Å². The molecule has 17 heavy (non-hydrogen) atoms. The molecule has 1 rings (SSSR count). The van der Waals surface area contributed by atoms with E-state index < -0.39 is 0 Å². The van der Waals surface area contributed by atoms with Crippen molar-refractivity contribution in [3.63, 3.8) is 0 Å². The quantitative estimate of drug-likeness (QED) is 0.799. The molecule has 0 radical (unpaired) electrons. The van der Waals surface area contributed by atoms with Crippen molar-refractivity contribution in [3.8, 4) is 0 Å². The molecule has 1 heterocycles. The van der Waals surface area contributed by atoms with Gasteiger partial charge in [-0.15, -0.1) is 0 Å². The van der Waals surface area contributed by atoms with Gasteiger partial charge in [-0.25, -0.2) is 0 Å². The fourth-order valence-electron chi connectivity index (χ4n) is 2.62. The van der Waals surface area contributed by atoms with Crippen LogP contribution in [0, 0.1) is 11.8 Å². The lowest BCUT2D eigenvalue weighted by Crippen LogP contribution is -2.44. The number of rotatable bonds is 5. The first-order valence-corrected chi connectivity index (χ1v) is 7.02. The van der Waals surface area contributed by atoms with E-state index in [0.717, 1.165) is 32.4 Å². The Morgan fingerprint density at radius 3 is 2.41 bits per heavy atom. The zero-order valence-corrected chi connectivity index (χ0v) is 11.8. The molecule has 1 atom stereocenters. The van der Waals surface area contributed by atoms with Crippen molar-refractivity contribution >= 4 is 5.91 Å². The van der Waals surface area contributed by atoms with E-state index in [1.54, 1.807) is 0 Å². The molecule has 1 unspecified atom stereocenters. The minimum Gasteiger partial charge on any atom is -0.343 e. The van der Waals surface area contributed by atoms with Gasteiger partial charge in [0.1, 0.15) is 0 Å². The molecule has 0 aliphatic carbocycles. The number of piperidine rings is 1. The molecule has 0 aromatic heterocycles. The van der Waals surface area contributed by atoms with E-state index in [1.807, 2.05) is 11.9 Å². The molecule has 1 fully saturated rings. The van der Waals surface area contributed by atoms with Crippen molar-refractivity contribution in [1.29, 1.82) is 0 Å². The molecule has 0 aromatic rings. The first kappa shape index (κ1) is 14.5. The highest BCUT2D eigenvalue weighted by molar-refractivity contribution is 5.76. The fraction of sp³-hybridized carbons (Fsp3) is 0.929. The predicted molar refractivity (Wildman–Crippen MR) is 71.9 cm³/mol. The van der Waals surface area contributed by atoms with Crippen LogP contribution in [0.15, 0.2) is 0 Å². The van der Waals surface area contributed by atoms with Gasteiger partial charge in [-0.2, -0.15) is 0 Å². The number of carbonyl (C=O) groups is 1. The largest absolute Gasteiger partial charge is 0.343 e. The van der Waals surface area contributed by atoms with Crippen molar-refractivity contribution in [2.45, 2.75) is 52.5 Å². The highest BCUT2D eigenvalue weighted by Gasteiger charge is 2.24. The summed E-state index contributed by atoms with van der Waals surface area (Å²) in [7, 11) is 1.98. The zero-order chi connectivity index (χ0) is 12.8. The van der Waals surface area contributed by atoms with E-state index in [0.29, 0.717) is 30.2 Å². The van der Waals surface area contributed by atoms with E-state index >= 15 is 0 Å². The summed E-state index contributed by atoms with van der Waals surface area (Å²) in [6.45, 7) is 8.70. The van der Waals surface area contributed by atoms with E-state index in [4.69, 9.17) is 0 Å². The maximum atomic E-state index is 12.2. The summed E-state index contributed by atoms with van der Waals surface area (Å²) in [4.78, 5) is 14.2. The zero-order valence-electron chi connectivity index (χ0n) is 11.8. The van der Waals surface area contributed by atoms with E-state index in [9.17, 15) is 4.79 Å². The summed E-state index contributed by atoms with van der Waals surface area (Å²) in [5, 5.41) is 3.34. The molecule has 0 saturated carbocycles. The van der Waals surface area contributed by atoms with Crippen molar-refractivity contribution in [1.82, 2.24) is 10.2 Å². The highest BCUT2D eigenvalue weighted by atomic mass is 16.2. The maximum Gasteiger partial charge on any atom is 0.222 e. The van der Waals surface area contributed by atoms with Crippen LogP contribution in [0.5, 0.6) is 0 Å². The van der Waals surface area contributed by atoms with E-state index in [1.165, 1.54) is 0 Å². The van der Waals surface area contributed by atoms with Crippen molar-refractivity contribution in [2.24, 2.45) is 11.8 Å². The van der Waals surface area contributed by atoms with Gasteiger partial charge in [-0.1, -0.05) is 27.2 Å². The Hall–Kier alpha value is -0.570. The average Bonchev–Trinajstić information content (AvgIpc) is 2.35. The topological polar surface area (TPSA) is 32.3 Å². The number of carbonyl (C=O) groups excluding carboxylic acids is 1. The summed E-state index contributed by atoms with van der Waals surface area (Å²) in [5.74, 6) is 1.47. The number of nitrogens with one attached hydrogen (secondary N) is 1. The highest BCUT2D eigenvalue weighted by Crippen LogP contribution is 2.21. The molecule has 3 heteroatoms. The molecule has 0 spiro atoms. The van der Waals surface area contributed by atoms with Gasteiger partial charge in [0, 0.05) is 19.5 Å². The number of hydrogen-bond acceptors (Lipinski definition) is 2. The van der Waals surface area contributed by atoms with E-state index in [-0.39, 0.29) is 0 Å². The Balaban J connectivity index is 2.44. The molecular formula is C14H28N2O. The van der Waals surface area contributed by atoms with E-state index in [2.05, 4.69) is 26.1 Å². The van der Waals surface area contributed by atoms with Gasteiger partial charge in [-0.05, 0) is 37.8 Å². The van der Waals surface area contributed by atoms with Crippen LogP contribution in [0.1, 0.15) is 46.5 Å². The Morgan fingerprint density at radius 1 is 1.35 bits per heavy atom. The van der Waals surface area contributed by atoms with Crippen LogP contribution in [0.25, 0.3) is 0 Å². The minimum absolute atomic E-state index is 0.331. The third-order valence-electron chi connectivity index (χ3n) is 4.15. The summed E-state index contributed by atoms with van der Waals surface area (Å²) in [6, 6.07) is 0.452. The Morgan fingerprint density at radius 2 is 1.94 bits per heavy atom. The summed E-state index contributed by atoms with van der Waals surface area (Å²) < 4.78 is 0. The summed E-state index contributed by atoms with van der Waals surface area (Å²) in [6.07, 6.45) is 4.01. The standard InChI is InChI=1S/C14H28N2O/c1-5-12(11(2)3)10-14(17)16(4)13-6-8-15-9-7-13/h11-13,15H,5-10H2,1-4H3. The maximum absolute atomic E-state index is 12.2. The summed E-state index contributed by atoms with van der Waals surface area (Å²) >= 11 is 0. The molecular weight excluding hydrogens is 212 g/mol. The van der Waals surface area contributed by atoms with Gasteiger partial charge in [0.15, 0.2) is 0 Å². The molecule has 100 valence electrons. The van der Waals surface area contributed by atoms with Crippen LogP contribution < -0.4 is 5.32 Å². The van der Waals surface area contributed by atoms with Gasteiger partial charge in [0.2, 0.25) is 5.91 Å². The molecule has 1 N–H and O–H groups in total. The lowest BCUT2D eigenvalue weighted by molar-refractivity contribution is -0.133. The van der Waals surface area contributed by atoms with Gasteiger partial charge in [0.05, 0.1) is 0 Å². The van der Waals surface area contributed by atoms with Gasteiger partial charge in [0.25, 0.3) is 0 Å². The van der Waals surface area contributed by atoms with Crippen LogP contribution >= 0.6 is 0 Å². The molecule has 1 aliphatic rings. The first-order chi connectivity index (χ1) is 8.06. The number of nitrogens with zero attached hydrogens (tertiary/aromatic N) is 1. The van der Waals surface area contributed by atoms with Gasteiger partial charge in [-0.3, -0.25) is 4.79 Å². The molecule has 0 aromatic carbocycles. The van der Waals surface area contributed by atoms with Crippen LogP contribution in [0.2, 0.25) is 0 Å². The van der Waals surface area contributed by atoms with Crippen LogP contribution in [-0.2, 0) is 4.79 Å². The number of amides is 1. The Kier molecular flexibility index (Phi) is 5.96. The third kappa shape index (κ3) is 4.30. The fourth-order valence-corrected chi connectivity index (χ4v) is 2.62. The molecule has 1 amide bonds. The second-order valence-electron chi connectivity index (χ2n) is 5.60. The van der Waals surface area contributed by atoms with Gasteiger partial charge < -0.3 is 10.2 Å². The first-order valence-electron chi connectivity index (χ1n) is 7.02. The molecule has 1 aliphatic heterocycles. The Labute approximate surface area is 106 Å². The SMILES string of the molecule is CCC(CC(=O)N(C)C1CCNCC1)C(C)C. The normalized spacial score (nSPS) is 19.4. The average molecular weight is 240 g/mol. The second-order valence-corrected chi connectivity index (χ2v) is 5.60. The lowest BCUT2D eigenvalue weighted by atomic mass is 9.89. The second kappa shape index (κ2) is 7.00. The predicted octanol–water partition coefficient (Wildman–Crippen LogP) is 2.27. The monoisotopic (exact) mass is 240 g/mol. The lowest BCUT2D eigenvalue weighted by Gasteiger charge is -2.33. The van der Waals surface area contributed by atoms with Crippen LogP contribution in [-0.4, -0.2) is 37.0 Å². The molecule has 1 saturated heterocycles. The smallest absolute Gasteiger partial charge is 0.222 e. The van der Waals surface area contributed by atoms with Gasteiger partial charge >= 0.3 is 0 Å². The van der Waals surface area contributed by atoms with Crippen molar-refractivity contribution in [3.05, 3.63) is 0 Å². The number of hydrogen-bond donors (Lipinski definition) is 1. The molecule has 0 bridgehead atoms.